The standard InChI is InChI=1S/C21H32O3/c1-15(2)18-7-6-16(3)21(4,12-10-17-11-13-24-14-17)19(18)8-9-20(22)23-5/h11,13-14,16,19H,6-10,12H2,1-5H3/t16-,19+,21+/m1/s1. The molecule has 3 heteroatoms. The van der Waals surface area contributed by atoms with Crippen LogP contribution in [0, 0.1) is 17.3 Å². The summed E-state index contributed by atoms with van der Waals surface area (Å²) in [4.78, 5) is 11.7. The van der Waals surface area contributed by atoms with Gasteiger partial charge in [0.25, 0.3) is 0 Å². The average Bonchev–Trinajstić information content (AvgIpc) is 3.07. The minimum atomic E-state index is -0.0986. The zero-order valence-corrected chi connectivity index (χ0v) is 15.9. The number of allylic oxidation sites excluding steroid dienone is 2. The number of esters is 1. The van der Waals surface area contributed by atoms with E-state index in [9.17, 15) is 4.79 Å². The lowest BCUT2D eigenvalue weighted by Gasteiger charge is -2.49. The molecule has 0 aromatic carbocycles. The Hall–Kier alpha value is -1.51. The van der Waals surface area contributed by atoms with Crippen LogP contribution in [-0.4, -0.2) is 13.1 Å². The lowest BCUT2D eigenvalue weighted by molar-refractivity contribution is -0.141. The number of ether oxygens (including phenoxy) is 1. The number of rotatable bonds is 6. The summed E-state index contributed by atoms with van der Waals surface area (Å²) in [5.74, 6) is 1.01. The number of hydrogen-bond donors (Lipinski definition) is 0. The maximum Gasteiger partial charge on any atom is 0.305 e. The summed E-state index contributed by atoms with van der Waals surface area (Å²) >= 11 is 0. The van der Waals surface area contributed by atoms with Gasteiger partial charge >= 0.3 is 5.97 Å². The number of methoxy groups -OCH3 is 1. The van der Waals surface area contributed by atoms with Crippen molar-refractivity contribution in [2.24, 2.45) is 17.3 Å². The van der Waals surface area contributed by atoms with E-state index in [1.54, 1.807) is 11.8 Å². The molecule has 1 fully saturated rings. The first-order valence-corrected chi connectivity index (χ1v) is 9.12. The van der Waals surface area contributed by atoms with Crippen LogP contribution >= 0.6 is 0 Å². The largest absolute Gasteiger partial charge is 0.472 e. The highest BCUT2D eigenvalue weighted by Crippen LogP contribution is 2.53. The predicted octanol–water partition coefficient (Wildman–Crippen LogP) is 5.55. The van der Waals surface area contributed by atoms with Crippen LogP contribution in [0.2, 0.25) is 0 Å². The maximum absolute atomic E-state index is 11.7. The van der Waals surface area contributed by atoms with Gasteiger partial charge in [0.1, 0.15) is 0 Å². The molecule has 3 nitrogen and oxygen atoms in total. The molecule has 0 amide bonds. The van der Waals surface area contributed by atoms with Crippen molar-refractivity contribution in [2.75, 3.05) is 7.11 Å². The second-order valence-electron chi connectivity index (χ2n) is 7.77. The van der Waals surface area contributed by atoms with Gasteiger partial charge in [-0.3, -0.25) is 4.79 Å². The zero-order valence-electron chi connectivity index (χ0n) is 15.9. The van der Waals surface area contributed by atoms with Crippen LogP contribution in [0.15, 0.2) is 34.2 Å². The van der Waals surface area contributed by atoms with E-state index in [-0.39, 0.29) is 11.4 Å². The lowest BCUT2D eigenvalue weighted by atomic mass is 9.56. The monoisotopic (exact) mass is 332 g/mol. The van der Waals surface area contributed by atoms with E-state index >= 15 is 0 Å². The van der Waals surface area contributed by atoms with Crippen molar-refractivity contribution in [3.63, 3.8) is 0 Å². The molecule has 2 rings (SSSR count). The molecule has 3 atom stereocenters. The Balaban J connectivity index is 2.23. The highest BCUT2D eigenvalue weighted by atomic mass is 16.5. The molecule has 1 aliphatic rings. The Morgan fingerprint density at radius 1 is 1.42 bits per heavy atom. The Morgan fingerprint density at radius 2 is 2.17 bits per heavy atom. The molecule has 0 spiro atoms. The van der Waals surface area contributed by atoms with Gasteiger partial charge in [-0.15, -0.1) is 0 Å². The summed E-state index contributed by atoms with van der Waals surface area (Å²) in [5, 5.41) is 0. The summed E-state index contributed by atoms with van der Waals surface area (Å²) in [5.41, 5.74) is 4.45. The lowest BCUT2D eigenvalue weighted by Crippen LogP contribution is -2.40. The topological polar surface area (TPSA) is 39.4 Å². The van der Waals surface area contributed by atoms with E-state index in [1.165, 1.54) is 24.7 Å². The third-order valence-corrected chi connectivity index (χ3v) is 6.23. The first kappa shape index (κ1) is 18.8. The second-order valence-corrected chi connectivity index (χ2v) is 7.77. The molecule has 0 N–H and O–H groups in total. The molecule has 0 saturated heterocycles. The van der Waals surface area contributed by atoms with Crippen molar-refractivity contribution in [1.82, 2.24) is 0 Å². The molecule has 1 heterocycles. The van der Waals surface area contributed by atoms with Crippen LogP contribution in [-0.2, 0) is 16.0 Å². The van der Waals surface area contributed by atoms with Crippen molar-refractivity contribution in [3.8, 4) is 0 Å². The summed E-state index contributed by atoms with van der Waals surface area (Å²) in [6.45, 7) is 9.23. The SMILES string of the molecule is COC(=O)CC[C@H]1C(=C(C)C)CC[C@@H](C)[C@]1(C)CCc1ccoc1. The third-order valence-electron chi connectivity index (χ3n) is 6.23. The number of furan rings is 1. The Morgan fingerprint density at radius 3 is 2.75 bits per heavy atom. The summed E-state index contributed by atoms with van der Waals surface area (Å²) in [6, 6.07) is 2.06. The van der Waals surface area contributed by atoms with Gasteiger partial charge in [0.2, 0.25) is 0 Å². The van der Waals surface area contributed by atoms with E-state index in [1.807, 2.05) is 6.26 Å². The normalized spacial score (nSPS) is 27.1. The average molecular weight is 332 g/mol. The number of hydrogen-bond acceptors (Lipinski definition) is 3. The van der Waals surface area contributed by atoms with E-state index in [0.29, 0.717) is 18.3 Å². The summed E-state index contributed by atoms with van der Waals surface area (Å²) in [7, 11) is 1.48. The van der Waals surface area contributed by atoms with E-state index in [2.05, 4.69) is 33.8 Å². The van der Waals surface area contributed by atoms with E-state index in [0.717, 1.165) is 25.7 Å². The van der Waals surface area contributed by atoms with Crippen LogP contribution < -0.4 is 0 Å². The highest BCUT2D eigenvalue weighted by Gasteiger charge is 2.43. The Bertz CT molecular complexity index is 566. The minimum Gasteiger partial charge on any atom is -0.472 e. The summed E-state index contributed by atoms with van der Waals surface area (Å²) < 4.78 is 10.1. The molecule has 0 bridgehead atoms. The molecule has 1 saturated carbocycles. The van der Waals surface area contributed by atoms with Crippen molar-refractivity contribution in [3.05, 3.63) is 35.3 Å². The molecular weight excluding hydrogens is 300 g/mol. The van der Waals surface area contributed by atoms with Gasteiger partial charge < -0.3 is 9.15 Å². The van der Waals surface area contributed by atoms with Gasteiger partial charge in [0, 0.05) is 6.42 Å². The van der Waals surface area contributed by atoms with Gasteiger partial charge in [-0.1, -0.05) is 25.0 Å². The van der Waals surface area contributed by atoms with E-state index < -0.39 is 0 Å². The van der Waals surface area contributed by atoms with Gasteiger partial charge in [-0.2, -0.15) is 0 Å². The van der Waals surface area contributed by atoms with Crippen LogP contribution in [0.4, 0.5) is 0 Å². The fourth-order valence-corrected chi connectivity index (χ4v) is 4.35. The summed E-state index contributed by atoms with van der Waals surface area (Å²) in [6.07, 6.45) is 9.54. The fraction of sp³-hybridized carbons (Fsp3) is 0.667. The van der Waals surface area contributed by atoms with Crippen molar-refractivity contribution < 1.29 is 13.9 Å². The smallest absolute Gasteiger partial charge is 0.305 e. The molecule has 134 valence electrons. The van der Waals surface area contributed by atoms with Gasteiger partial charge in [-0.25, -0.2) is 0 Å². The van der Waals surface area contributed by atoms with Crippen molar-refractivity contribution >= 4 is 5.97 Å². The van der Waals surface area contributed by atoms with Crippen LogP contribution in [0.3, 0.4) is 0 Å². The zero-order chi connectivity index (χ0) is 17.7. The molecule has 1 aromatic heterocycles. The predicted molar refractivity (Wildman–Crippen MR) is 96.6 cm³/mol. The first-order valence-electron chi connectivity index (χ1n) is 9.12. The van der Waals surface area contributed by atoms with Crippen LogP contribution in [0.5, 0.6) is 0 Å². The quantitative estimate of drug-likeness (QED) is 0.506. The van der Waals surface area contributed by atoms with Crippen LogP contribution in [0.25, 0.3) is 0 Å². The second kappa shape index (κ2) is 8.04. The third kappa shape index (κ3) is 4.12. The first-order chi connectivity index (χ1) is 11.4. The fourth-order valence-electron chi connectivity index (χ4n) is 4.35. The molecular formula is C21H32O3. The molecule has 0 unspecified atom stereocenters. The van der Waals surface area contributed by atoms with Gasteiger partial charge in [0.15, 0.2) is 0 Å². The maximum atomic E-state index is 11.7. The number of aryl methyl sites for hydroxylation is 1. The van der Waals surface area contributed by atoms with Crippen molar-refractivity contribution in [1.29, 1.82) is 0 Å². The molecule has 0 aliphatic heterocycles. The Kier molecular flexibility index (Phi) is 6.31. The molecule has 0 radical (unpaired) electrons. The Labute approximate surface area is 146 Å². The van der Waals surface area contributed by atoms with Crippen LogP contribution in [0.1, 0.15) is 65.4 Å². The van der Waals surface area contributed by atoms with Crippen molar-refractivity contribution in [2.45, 2.75) is 66.2 Å². The molecule has 24 heavy (non-hydrogen) atoms. The highest BCUT2D eigenvalue weighted by molar-refractivity contribution is 5.69. The van der Waals surface area contributed by atoms with E-state index in [4.69, 9.17) is 9.15 Å². The van der Waals surface area contributed by atoms with Gasteiger partial charge in [0.05, 0.1) is 19.6 Å². The molecule has 1 aliphatic carbocycles. The minimum absolute atomic E-state index is 0.0986. The molecule has 1 aromatic rings. The number of carbonyl (C=O) groups excluding carboxylic acids is 1. The van der Waals surface area contributed by atoms with Gasteiger partial charge in [-0.05, 0) is 74.8 Å². The number of carbonyl (C=O) groups is 1.